The Morgan fingerprint density at radius 2 is 1.86 bits per heavy atom. The molecule has 0 unspecified atom stereocenters. The molecule has 1 aromatic carbocycles. The van der Waals surface area contributed by atoms with Gasteiger partial charge in [0, 0.05) is 37.8 Å². The molecular weight excluding hydrogens is 314 g/mol. The van der Waals surface area contributed by atoms with Gasteiger partial charge in [0.15, 0.2) is 11.6 Å². The lowest BCUT2D eigenvalue weighted by Gasteiger charge is -2.35. The quantitative estimate of drug-likeness (QED) is 0.890. The molecule has 1 aromatic rings. The van der Waals surface area contributed by atoms with E-state index in [4.69, 9.17) is 0 Å². The zero-order valence-electron chi connectivity index (χ0n) is 12.1. The van der Waals surface area contributed by atoms with E-state index in [0.29, 0.717) is 11.5 Å². The standard InChI is InChI=1S/C15H21FN2O.2ClH/c1-10-2-5-12(15(19)13(10)16)14(11-3-4-11)18-8-6-17-7-9-18;;/h2,5,11,14,17,19H,3-4,6-9H2,1H3;2*1H/t14-;;/m1../s1. The molecule has 3 nitrogen and oxygen atoms in total. The maximum absolute atomic E-state index is 13.9. The summed E-state index contributed by atoms with van der Waals surface area (Å²) in [6.45, 7) is 5.57. The van der Waals surface area contributed by atoms with E-state index in [2.05, 4.69) is 10.2 Å². The average Bonchev–Trinajstić information content (AvgIpc) is 3.25. The second-order valence-electron chi connectivity index (χ2n) is 5.70. The Labute approximate surface area is 137 Å². The minimum absolute atomic E-state index is 0. The van der Waals surface area contributed by atoms with Crippen LogP contribution in [0, 0.1) is 18.7 Å². The van der Waals surface area contributed by atoms with Gasteiger partial charge in [-0.05, 0) is 31.2 Å². The van der Waals surface area contributed by atoms with Crippen molar-refractivity contribution in [3.63, 3.8) is 0 Å². The molecule has 1 atom stereocenters. The van der Waals surface area contributed by atoms with Gasteiger partial charge in [-0.2, -0.15) is 0 Å². The highest BCUT2D eigenvalue weighted by molar-refractivity contribution is 5.85. The number of hydrogen-bond donors (Lipinski definition) is 2. The molecule has 2 N–H and O–H groups in total. The van der Waals surface area contributed by atoms with Crippen molar-refractivity contribution >= 4 is 24.8 Å². The van der Waals surface area contributed by atoms with Gasteiger partial charge in [-0.15, -0.1) is 24.8 Å². The highest BCUT2D eigenvalue weighted by atomic mass is 35.5. The van der Waals surface area contributed by atoms with Gasteiger partial charge in [-0.1, -0.05) is 12.1 Å². The number of phenolic OH excluding ortho intramolecular Hbond substituents is 1. The third-order valence-corrected chi connectivity index (χ3v) is 4.27. The van der Waals surface area contributed by atoms with Crippen LogP contribution in [0.3, 0.4) is 0 Å². The molecule has 0 amide bonds. The predicted molar refractivity (Wildman–Crippen MR) is 87.2 cm³/mol. The van der Waals surface area contributed by atoms with Crippen LogP contribution < -0.4 is 5.32 Å². The number of nitrogens with one attached hydrogen (secondary N) is 1. The highest BCUT2D eigenvalue weighted by Gasteiger charge is 2.38. The van der Waals surface area contributed by atoms with Crippen LogP contribution >= 0.6 is 24.8 Å². The van der Waals surface area contributed by atoms with Crippen molar-refractivity contribution in [2.45, 2.75) is 25.8 Å². The summed E-state index contributed by atoms with van der Waals surface area (Å²) in [5, 5.41) is 13.5. The largest absolute Gasteiger partial charge is 0.505 e. The van der Waals surface area contributed by atoms with Crippen LogP contribution in [0.4, 0.5) is 4.39 Å². The van der Waals surface area contributed by atoms with Gasteiger partial charge in [-0.25, -0.2) is 4.39 Å². The Bertz CT molecular complexity index is 477. The number of piperazine rings is 1. The molecule has 2 fully saturated rings. The van der Waals surface area contributed by atoms with Crippen molar-refractivity contribution in [1.82, 2.24) is 10.2 Å². The van der Waals surface area contributed by atoms with E-state index in [0.717, 1.165) is 31.7 Å². The normalized spacial score (nSPS) is 20.3. The van der Waals surface area contributed by atoms with Gasteiger partial charge in [0.05, 0.1) is 0 Å². The lowest BCUT2D eigenvalue weighted by molar-refractivity contribution is 0.153. The van der Waals surface area contributed by atoms with Crippen LogP contribution in [-0.4, -0.2) is 36.2 Å². The number of aryl methyl sites for hydroxylation is 1. The molecule has 1 heterocycles. The maximum Gasteiger partial charge on any atom is 0.168 e. The SMILES string of the molecule is Cc1ccc([C@@H](C2CC2)N2CCNCC2)c(O)c1F.Cl.Cl. The van der Waals surface area contributed by atoms with Crippen LogP contribution in [0.1, 0.15) is 30.0 Å². The molecule has 3 rings (SSSR count). The molecule has 2 aliphatic rings. The van der Waals surface area contributed by atoms with Gasteiger partial charge in [0.1, 0.15) is 0 Å². The lowest BCUT2D eigenvalue weighted by Crippen LogP contribution is -2.45. The average molecular weight is 337 g/mol. The first-order valence-electron chi connectivity index (χ1n) is 7.11. The fourth-order valence-corrected chi connectivity index (χ4v) is 3.04. The number of nitrogens with zero attached hydrogens (tertiary/aromatic N) is 1. The molecule has 0 radical (unpaired) electrons. The lowest BCUT2D eigenvalue weighted by atomic mass is 9.97. The third kappa shape index (κ3) is 3.81. The Morgan fingerprint density at radius 3 is 2.43 bits per heavy atom. The first-order chi connectivity index (χ1) is 9.18. The molecule has 21 heavy (non-hydrogen) atoms. The first-order valence-corrected chi connectivity index (χ1v) is 7.11. The van der Waals surface area contributed by atoms with Crippen molar-refractivity contribution in [1.29, 1.82) is 0 Å². The van der Waals surface area contributed by atoms with Gasteiger partial charge in [-0.3, -0.25) is 4.90 Å². The van der Waals surface area contributed by atoms with E-state index in [-0.39, 0.29) is 36.6 Å². The summed E-state index contributed by atoms with van der Waals surface area (Å²) in [6.07, 6.45) is 2.37. The van der Waals surface area contributed by atoms with Gasteiger partial charge in [0.25, 0.3) is 0 Å². The predicted octanol–water partition coefficient (Wildman–Crippen LogP) is 3.04. The summed E-state index contributed by atoms with van der Waals surface area (Å²) in [4.78, 5) is 2.39. The van der Waals surface area contributed by atoms with Gasteiger partial charge >= 0.3 is 0 Å². The highest BCUT2D eigenvalue weighted by Crippen LogP contribution is 2.47. The van der Waals surface area contributed by atoms with E-state index in [1.54, 1.807) is 13.0 Å². The van der Waals surface area contributed by atoms with E-state index >= 15 is 0 Å². The summed E-state index contributed by atoms with van der Waals surface area (Å²) < 4.78 is 13.9. The minimum atomic E-state index is -0.460. The fourth-order valence-electron chi connectivity index (χ4n) is 3.04. The first kappa shape index (κ1) is 18.5. The second-order valence-corrected chi connectivity index (χ2v) is 5.70. The summed E-state index contributed by atoms with van der Waals surface area (Å²) >= 11 is 0. The maximum atomic E-state index is 13.9. The summed E-state index contributed by atoms with van der Waals surface area (Å²) in [5.74, 6) is -0.0279. The number of aromatic hydroxyl groups is 1. The molecular formula is C15H23Cl2FN2O. The van der Waals surface area contributed by atoms with Gasteiger partial charge < -0.3 is 10.4 Å². The Balaban J connectivity index is 0.00000110. The number of hydrogen-bond acceptors (Lipinski definition) is 3. The zero-order valence-corrected chi connectivity index (χ0v) is 13.8. The Morgan fingerprint density at radius 1 is 1.24 bits per heavy atom. The Kier molecular flexibility index (Phi) is 6.72. The van der Waals surface area contributed by atoms with Crippen LogP contribution in [0.5, 0.6) is 5.75 Å². The number of rotatable bonds is 3. The van der Waals surface area contributed by atoms with E-state index < -0.39 is 5.82 Å². The zero-order chi connectivity index (χ0) is 13.4. The minimum Gasteiger partial charge on any atom is -0.505 e. The number of benzene rings is 1. The monoisotopic (exact) mass is 336 g/mol. The van der Waals surface area contributed by atoms with E-state index in [1.165, 1.54) is 12.8 Å². The number of halogens is 3. The molecule has 1 aliphatic carbocycles. The van der Waals surface area contributed by atoms with Crippen molar-refractivity contribution in [2.75, 3.05) is 26.2 Å². The third-order valence-electron chi connectivity index (χ3n) is 4.27. The van der Waals surface area contributed by atoms with Crippen molar-refractivity contribution in [3.8, 4) is 5.75 Å². The van der Waals surface area contributed by atoms with Crippen molar-refractivity contribution in [3.05, 3.63) is 29.1 Å². The van der Waals surface area contributed by atoms with Crippen molar-refractivity contribution in [2.24, 2.45) is 5.92 Å². The smallest absolute Gasteiger partial charge is 0.168 e. The molecule has 120 valence electrons. The van der Waals surface area contributed by atoms with Gasteiger partial charge in [0.2, 0.25) is 0 Å². The molecule has 0 spiro atoms. The second kappa shape index (κ2) is 7.63. The van der Waals surface area contributed by atoms with E-state index in [1.807, 2.05) is 6.07 Å². The van der Waals surface area contributed by atoms with Crippen LogP contribution in [0.15, 0.2) is 12.1 Å². The molecule has 6 heteroatoms. The van der Waals surface area contributed by atoms with Crippen LogP contribution in [0.2, 0.25) is 0 Å². The van der Waals surface area contributed by atoms with Crippen LogP contribution in [0.25, 0.3) is 0 Å². The summed E-state index contributed by atoms with van der Waals surface area (Å²) in [5.41, 5.74) is 1.28. The van der Waals surface area contributed by atoms with Crippen LogP contribution in [-0.2, 0) is 0 Å². The Hall–Kier alpha value is -0.550. The molecule has 0 bridgehead atoms. The number of phenols is 1. The molecule has 0 aromatic heterocycles. The topological polar surface area (TPSA) is 35.5 Å². The summed E-state index contributed by atoms with van der Waals surface area (Å²) in [6, 6.07) is 3.86. The summed E-state index contributed by atoms with van der Waals surface area (Å²) in [7, 11) is 0. The van der Waals surface area contributed by atoms with Crippen molar-refractivity contribution < 1.29 is 9.50 Å². The molecule has 1 saturated carbocycles. The van der Waals surface area contributed by atoms with E-state index in [9.17, 15) is 9.50 Å². The molecule has 1 aliphatic heterocycles. The molecule has 1 saturated heterocycles. The fraction of sp³-hybridized carbons (Fsp3) is 0.600.